The third kappa shape index (κ3) is 3.69. The number of aromatic amines is 1. The zero-order valence-corrected chi connectivity index (χ0v) is 16.8. The second-order valence-corrected chi connectivity index (χ2v) is 8.11. The summed E-state index contributed by atoms with van der Waals surface area (Å²) in [4.78, 5) is 27.4. The van der Waals surface area contributed by atoms with Crippen molar-refractivity contribution in [3.8, 4) is 0 Å². The van der Waals surface area contributed by atoms with E-state index in [1.807, 2.05) is 27.7 Å². The summed E-state index contributed by atoms with van der Waals surface area (Å²) in [6.07, 6.45) is 3.22. The molecular formula is C21H25FN4O2. The smallest absolute Gasteiger partial charge is 0.257 e. The van der Waals surface area contributed by atoms with Crippen molar-refractivity contribution in [3.63, 3.8) is 0 Å². The van der Waals surface area contributed by atoms with Crippen LogP contribution < -0.4 is 5.32 Å². The van der Waals surface area contributed by atoms with Gasteiger partial charge in [0.2, 0.25) is 0 Å². The Kier molecular flexibility index (Phi) is 5.10. The Morgan fingerprint density at radius 3 is 2.68 bits per heavy atom. The highest BCUT2D eigenvalue weighted by Gasteiger charge is 2.35. The van der Waals surface area contributed by atoms with Gasteiger partial charge in [0.15, 0.2) is 0 Å². The second kappa shape index (κ2) is 7.22. The van der Waals surface area contributed by atoms with Crippen molar-refractivity contribution in [2.75, 3.05) is 6.54 Å². The van der Waals surface area contributed by atoms with Crippen molar-refractivity contribution in [1.29, 1.82) is 0 Å². The molecule has 0 aliphatic carbocycles. The molecule has 3 rings (SSSR count). The number of fused-ring (bicyclic) bond motifs is 1. The predicted molar refractivity (Wildman–Crippen MR) is 105 cm³/mol. The van der Waals surface area contributed by atoms with E-state index in [-0.39, 0.29) is 23.4 Å². The molecule has 148 valence electrons. The maximum atomic E-state index is 14.0. The number of carbonyl (C=O) groups excluding carboxylic acids is 2. The topological polar surface area (TPSA) is 78.1 Å². The van der Waals surface area contributed by atoms with Gasteiger partial charge in [-0.05, 0) is 38.5 Å². The van der Waals surface area contributed by atoms with Gasteiger partial charge in [0.1, 0.15) is 5.82 Å². The van der Waals surface area contributed by atoms with E-state index in [1.54, 1.807) is 25.3 Å². The molecule has 0 fully saturated rings. The molecule has 1 aliphatic rings. The first-order chi connectivity index (χ1) is 13.1. The first kappa shape index (κ1) is 19.8. The first-order valence-electron chi connectivity index (χ1n) is 9.24. The van der Waals surface area contributed by atoms with Gasteiger partial charge < -0.3 is 10.2 Å². The fourth-order valence-electron chi connectivity index (χ4n) is 3.32. The Bertz CT molecular complexity index is 959. The molecule has 0 radical (unpaired) electrons. The van der Waals surface area contributed by atoms with Crippen molar-refractivity contribution < 1.29 is 14.0 Å². The van der Waals surface area contributed by atoms with Gasteiger partial charge in [0.05, 0.1) is 17.5 Å². The summed E-state index contributed by atoms with van der Waals surface area (Å²) in [6, 6.07) is 4.35. The lowest BCUT2D eigenvalue weighted by Gasteiger charge is -2.28. The van der Waals surface area contributed by atoms with Gasteiger partial charge in [-0.2, -0.15) is 5.10 Å². The van der Waals surface area contributed by atoms with Crippen molar-refractivity contribution in [2.45, 2.75) is 46.1 Å². The molecule has 28 heavy (non-hydrogen) atoms. The highest BCUT2D eigenvalue weighted by molar-refractivity contribution is 6.20. The minimum absolute atomic E-state index is 0.0635. The minimum atomic E-state index is -0.461. The number of aromatic nitrogens is 2. The number of rotatable bonds is 3. The fourth-order valence-corrected chi connectivity index (χ4v) is 3.32. The van der Waals surface area contributed by atoms with Gasteiger partial charge in [-0.15, -0.1) is 0 Å². The van der Waals surface area contributed by atoms with Gasteiger partial charge in [-0.1, -0.05) is 19.9 Å². The van der Waals surface area contributed by atoms with E-state index in [2.05, 4.69) is 15.5 Å². The third-order valence-electron chi connectivity index (χ3n) is 4.83. The van der Waals surface area contributed by atoms with Crippen molar-refractivity contribution in [1.82, 2.24) is 20.4 Å². The maximum Gasteiger partial charge on any atom is 0.257 e. The highest BCUT2D eigenvalue weighted by Crippen LogP contribution is 2.34. The molecule has 0 spiro atoms. The molecule has 0 unspecified atom stereocenters. The Balaban J connectivity index is 2.07. The van der Waals surface area contributed by atoms with E-state index in [4.69, 9.17) is 0 Å². The molecule has 2 amide bonds. The molecular weight excluding hydrogens is 359 g/mol. The number of hydrogen-bond donors (Lipinski definition) is 2. The number of carbonyl (C=O) groups is 2. The lowest BCUT2D eigenvalue weighted by atomic mass is 9.84. The van der Waals surface area contributed by atoms with Crippen LogP contribution in [-0.2, 0) is 10.2 Å². The number of hydrogen-bond acceptors (Lipinski definition) is 3. The monoisotopic (exact) mass is 384 g/mol. The number of aryl methyl sites for hydroxylation is 1. The summed E-state index contributed by atoms with van der Waals surface area (Å²) < 4.78 is 14.0. The SMILES string of the molecule is Cc1ccc(C(=O)N2C=C(C(=O)NC(C)C)c3[nH]ncc3C(C)(C)C2)cc1F. The van der Waals surface area contributed by atoms with Crippen LogP contribution in [0.1, 0.15) is 54.9 Å². The molecule has 1 aliphatic heterocycles. The van der Waals surface area contributed by atoms with E-state index in [0.717, 1.165) is 5.56 Å². The number of nitrogens with zero attached hydrogens (tertiary/aromatic N) is 2. The largest absolute Gasteiger partial charge is 0.350 e. The van der Waals surface area contributed by atoms with Gasteiger partial charge in [-0.3, -0.25) is 14.7 Å². The summed E-state index contributed by atoms with van der Waals surface area (Å²) in [5, 5.41) is 9.86. The summed E-state index contributed by atoms with van der Waals surface area (Å²) >= 11 is 0. The van der Waals surface area contributed by atoms with Crippen LogP contribution in [0.4, 0.5) is 4.39 Å². The standard InChI is InChI=1S/C21H25FN4O2/c1-12(2)24-19(27)15-10-26(11-21(4,5)16-9-23-25-18(15)16)20(28)14-7-6-13(3)17(22)8-14/h6-10,12H,11H2,1-5H3,(H,23,25)(H,24,27). The normalized spacial score (nSPS) is 15.7. The Morgan fingerprint density at radius 1 is 1.32 bits per heavy atom. The van der Waals surface area contributed by atoms with Gasteiger partial charge in [0, 0.05) is 35.3 Å². The third-order valence-corrected chi connectivity index (χ3v) is 4.83. The van der Waals surface area contributed by atoms with Crippen LogP contribution in [0.25, 0.3) is 5.57 Å². The molecule has 7 heteroatoms. The lowest BCUT2D eigenvalue weighted by Crippen LogP contribution is -2.37. The molecule has 0 bridgehead atoms. The molecule has 0 saturated carbocycles. The van der Waals surface area contributed by atoms with E-state index in [1.165, 1.54) is 17.2 Å². The van der Waals surface area contributed by atoms with Gasteiger partial charge in [0.25, 0.3) is 11.8 Å². The summed E-state index contributed by atoms with van der Waals surface area (Å²) in [5.41, 5.74) is 2.02. The average Bonchev–Trinajstić information content (AvgIpc) is 3.06. The molecule has 2 heterocycles. The van der Waals surface area contributed by atoms with E-state index >= 15 is 0 Å². The molecule has 1 aromatic heterocycles. The van der Waals surface area contributed by atoms with Gasteiger partial charge in [-0.25, -0.2) is 4.39 Å². The summed E-state index contributed by atoms with van der Waals surface area (Å²) in [5.74, 6) is -1.10. The maximum absolute atomic E-state index is 14.0. The van der Waals surface area contributed by atoms with E-state index in [0.29, 0.717) is 23.4 Å². The Labute approximate surface area is 163 Å². The van der Waals surface area contributed by atoms with Crippen molar-refractivity contribution >= 4 is 17.4 Å². The summed E-state index contributed by atoms with van der Waals surface area (Å²) in [6.45, 7) is 9.66. The van der Waals surface area contributed by atoms with E-state index < -0.39 is 11.2 Å². The predicted octanol–water partition coefficient (Wildman–Crippen LogP) is 3.16. The van der Waals surface area contributed by atoms with Crippen molar-refractivity contribution in [2.24, 2.45) is 0 Å². The van der Waals surface area contributed by atoms with Crippen LogP contribution in [0.2, 0.25) is 0 Å². The van der Waals surface area contributed by atoms with Crippen LogP contribution in [-0.4, -0.2) is 39.5 Å². The zero-order valence-electron chi connectivity index (χ0n) is 16.8. The van der Waals surface area contributed by atoms with Crippen LogP contribution in [0.5, 0.6) is 0 Å². The molecule has 0 saturated heterocycles. The molecule has 2 aromatic rings. The van der Waals surface area contributed by atoms with Crippen LogP contribution >= 0.6 is 0 Å². The number of amides is 2. The molecule has 6 nitrogen and oxygen atoms in total. The van der Waals surface area contributed by atoms with E-state index in [9.17, 15) is 14.0 Å². The first-order valence-corrected chi connectivity index (χ1v) is 9.24. The van der Waals surface area contributed by atoms with Gasteiger partial charge >= 0.3 is 0 Å². The zero-order chi connectivity index (χ0) is 20.6. The van der Waals surface area contributed by atoms with Crippen molar-refractivity contribution in [3.05, 3.63) is 58.8 Å². The Hall–Kier alpha value is -2.96. The molecule has 0 atom stereocenters. The lowest BCUT2D eigenvalue weighted by molar-refractivity contribution is -0.116. The molecule has 2 N–H and O–H groups in total. The second-order valence-electron chi connectivity index (χ2n) is 8.11. The quantitative estimate of drug-likeness (QED) is 0.853. The minimum Gasteiger partial charge on any atom is -0.350 e. The Morgan fingerprint density at radius 2 is 2.04 bits per heavy atom. The number of H-pyrrole nitrogens is 1. The fraction of sp³-hybridized carbons (Fsp3) is 0.381. The molecule has 1 aromatic carbocycles. The summed E-state index contributed by atoms with van der Waals surface area (Å²) in [7, 11) is 0. The van der Waals surface area contributed by atoms with Crippen LogP contribution in [0.3, 0.4) is 0 Å². The number of halogens is 1. The highest BCUT2D eigenvalue weighted by atomic mass is 19.1. The van der Waals surface area contributed by atoms with Crippen LogP contribution in [0.15, 0.2) is 30.6 Å². The average molecular weight is 384 g/mol. The number of benzene rings is 1. The number of nitrogens with one attached hydrogen (secondary N) is 2. The van der Waals surface area contributed by atoms with Crippen LogP contribution in [0, 0.1) is 12.7 Å².